The molecule has 1 aromatic carbocycles. The summed E-state index contributed by atoms with van der Waals surface area (Å²) in [7, 11) is 0. The Morgan fingerprint density at radius 1 is 1.40 bits per heavy atom. The summed E-state index contributed by atoms with van der Waals surface area (Å²) in [6, 6.07) is 4.78. The number of nitrogens with zero attached hydrogens (tertiary/aromatic N) is 3. The average Bonchev–Trinajstić information content (AvgIpc) is 2.85. The van der Waals surface area contributed by atoms with Crippen LogP contribution in [0.4, 0.5) is 10.8 Å². The number of rotatable bonds is 7. The van der Waals surface area contributed by atoms with E-state index in [0.29, 0.717) is 5.52 Å². The van der Waals surface area contributed by atoms with E-state index in [1.807, 2.05) is 0 Å². The molecule has 1 aromatic heterocycles. The second-order valence-corrected chi connectivity index (χ2v) is 5.41. The number of non-ortho nitro benzene ring substituents is 1. The van der Waals surface area contributed by atoms with Crippen molar-refractivity contribution in [3.05, 3.63) is 28.3 Å². The second kappa shape index (κ2) is 6.62. The fourth-order valence-electron chi connectivity index (χ4n) is 1.97. The molecule has 2 rings (SSSR count). The molecule has 108 valence electrons. The Bertz CT molecular complexity index is 595. The van der Waals surface area contributed by atoms with E-state index >= 15 is 0 Å². The van der Waals surface area contributed by atoms with Gasteiger partial charge in [0.25, 0.3) is 5.69 Å². The molecule has 0 aliphatic rings. The second-order valence-electron chi connectivity index (χ2n) is 4.38. The van der Waals surface area contributed by atoms with Crippen molar-refractivity contribution in [3.63, 3.8) is 0 Å². The van der Waals surface area contributed by atoms with Crippen molar-refractivity contribution in [2.24, 2.45) is 0 Å². The van der Waals surface area contributed by atoms with Crippen molar-refractivity contribution in [2.75, 3.05) is 31.5 Å². The van der Waals surface area contributed by atoms with Crippen LogP contribution in [0.2, 0.25) is 0 Å². The first-order valence-corrected chi connectivity index (χ1v) is 7.47. The number of nitrogens with one attached hydrogen (secondary N) is 1. The van der Waals surface area contributed by atoms with Gasteiger partial charge < -0.3 is 10.2 Å². The lowest BCUT2D eigenvalue weighted by Gasteiger charge is -2.17. The lowest BCUT2D eigenvalue weighted by Crippen LogP contribution is -2.28. The number of aromatic nitrogens is 1. The summed E-state index contributed by atoms with van der Waals surface area (Å²) in [5, 5.41) is 14.8. The van der Waals surface area contributed by atoms with Gasteiger partial charge in [-0.05, 0) is 19.2 Å². The van der Waals surface area contributed by atoms with Crippen LogP contribution in [-0.2, 0) is 0 Å². The highest BCUT2D eigenvalue weighted by atomic mass is 32.1. The Balaban J connectivity index is 2.02. The van der Waals surface area contributed by atoms with Gasteiger partial charge in [0.1, 0.15) is 0 Å². The minimum Gasteiger partial charge on any atom is -0.360 e. The molecular weight excluding hydrogens is 276 g/mol. The molecule has 1 N–H and O–H groups in total. The summed E-state index contributed by atoms with van der Waals surface area (Å²) < 4.78 is 0.959. The Morgan fingerprint density at radius 2 is 2.15 bits per heavy atom. The van der Waals surface area contributed by atoms with Gasteiger partial charge in [-0.25, -0.2) is 4.98 Å². The zero-order chi connectivity index (χ0) is 14.5. The van der Waals surface area contributed by atoms with Gasteiger partial charge in [-0.3, -0.25) is 10.1 Å². The highest BCUT2D eigenvalue weighted by Gasteiger charge is 2.10. The first-order chi connectivity index (χ1) is 9.63. The number of thiazole rings is 1. The van der Waals surface area contributed by atoms with E-state index in [1.165, 1.54) is 23.5 Å². The van der Waals surface area contributed by atoms with Crippen molar-refractivity contribution >= 4 is 32.4 Å². The zero-order valence-corrected chi connectivity index (χ0v) is 12.4. The van der Waals surface area contributed by atoms with E-state index in [9.17, 15) is 10.1 Å². The van der Waals surface area contributed by atoms with Gasteiger partial charge in [-0.1, -0.05) is 25.2 Å². The number of anilines is 1. The number of benzene rings is 1. The molecule has 0 saturated heterocycles. The normalized spacial score (nSPS) is 11.2. The van der Waals surface area contributed by atoms with Crippen LogP contribution in [-0.4, -0.2) is 41.0 Å². The largest absolute Gasteiger partial charge is 0.360 e. The molecule has 0 unspecified atom stereocenters. The SMILES string of the molecule is CCN(CC)CCNc1nc2cc([N+](=O)[O-])ccc2s1. The van der Waals surface area contributed by atoms with Gasteiger partial charge in [0.05, 0.1) is 15.1 Å². The van der Waals surface area contributed by atoms with Crippen LogP contribution >= 0.6 is 11.3 Å². The van der Waals surface area contributed by atoms with Crippen LogP contribution < -0.4 is 5.32 Å². The summed E-state index contributed by atoms with van der Waals surface area (Å²) in [5.74, 6) is 0. The Kier molecular flexibility index (Phi) is 4.86. The monoisotopic (exact) mass is 294 g/mol. The molecule has 0 radical (unpaired) electrons. The zero-order valence-electron chi connectivity index (χ0n) is 11.6. The molecule has 6 nitrogen and oxygen atoms in total. The van der Waals surface area contributed by atoms with Gasteiger partial charge in [-0.2, -0.15) is 0 Å². The van der Waals surface area contributed by atoms with Crippen molar-refractivity contribution in [1.82, 2.24) is 9.88 Å². The maximum atomic E-state index is 10.7. The van der Waals surface area contributed by atoms with Crippen LogP contribution in [0, 0.1) is 10.1 Å². The number of fused-ring (bicyclic) bond motifs is 1. The molecule has 0 fully saturated rings. The molecule has 0 aliphatic carbocycles. The minimum atomic E-state index is -0.397. The Labute approximate surface area is 121 Å². The Hall–Kier alpha value is -1.73. The maximum absolute atomic E-state index is 10.7. The maximum Gasteiger partial charge on any atom is 0.271 e. The molecule has 1 heterocycles. The summed E-state index contributed by atoms with van der Waals surface area (Å²) in [5.41, 5.74) is 0.757. The first kappa shape index (κ1) is 14.7. The lowest BCUT2D eigenvalue weighted by atomic mass is 10.3. The highest BCUT2D eigenvalue weighted by molar-refractivity contribution is 7.22. The molecule has 0 saturated carbocycles. The van der Waals surface area contributed by atoms with Crippen molar-refractivity contribution in [2.45, 2.75) is 13.8 Å². The quantitative estimate of drug-likeness (QED) is 0.628. The number of likely N-dealkylation sites (N-methyl/N-ethyl adjacent to an activating group) is 1. The van der Waals surface area contributed by atoms with Crippen molar-refractivity contribution < 1.29 is 4.92 Å². The molecule has 2 aromatic rings. The molecule has 0 amide bonds. The number of nitro benzene ring substituents is 1. The van der Waals surface area contributed by atoms with Crippen molar-refractivity contribution in [3.8, 4) is 0 Å². The summed E-state index contributed by atoms with van der Waals surface area (Å²) in [4.78, 5) is 17.0. The van der Waals surface area contributed by atoms with Gasteiger partial charge in [0, 0.05) is 25.2 Å². The number of hydrogen-bond acceptors (Lipinski definition) is 6. The summed E-state index contributed by atoms with van der Waals surface area (Å²) >= 11 is 1.52. The van der Waals surface area contributed by atoms with E-state index in [4.69, 9.17) is 0 Å². The van der Waals surface area contributed by atoms with E-state index in [0.717, 1.165) is 36.0 Å². The predicted octanol–water partition coefficient (Wildman–Crippen LogP) is 2.96. The third-order valence-electron chi connectivity index (χ3n) is 3.18. The smallest absolute Gasteiger partial charge is 0.271 e. The average molecular weight is 294 g/mol. The van der Waals surface area contributed by atoms with E-state index in [1.54, 1.807) is 6.07 Å². The number of nitro groups is 1. The fourth-order valence-corrected chi connectivity index (χ4v) is 2.84. The standard InChI is InChI=1S/C13H18N4O2S/c1-3-16(4-2)8-7-14-13-15-11-9-10(17(18)19)5-6-12(11)20-13/h5-6,9H,3-4,7-8H2,1-2H3,(H,14,15). The Morgan fingerprint density at radius 3 is 2.80 bits per heavy atom. The predicted molar refractivity (Wildman–Crippen MR) is 82.6 cm³/mol. The fraction of sp³-hybridized carbons (Fsp3) is 0.462. The van der Waals surface area contributed by atoms with Crippen LogP contribution in [0.25, 0.3) is 10.2 Å². The van der Waals surface area contributed by atoms with Gasteiger partial charge >= 0.3 is 0 Å². The topological polar surface area (TPSA) is 71.3 Å². The minimum absolute atomic E-state index is 0.0810. The van der Waals surface area contributed by atoms with E-state index < -0.39 is 4.92 Å². The van der Waals surface area contributed by atoms with Crippen molar-refractivity contribution in [1.29, 1.82) is 0 Å². The number of hydrogen-bond donors (Lipinski definition) is 1. The molecule has 0 atom stereocenters. The summed E-state index contributed by atoms with van der Waals surface area (Å²) in [6.45, 7) is 8.13. The first-order valence-electron chi connectivity index (χ1n) is 6.65. The third-order valence-corrected chi connectivity index (χ3v) is 4.17. The molecule has 7 heteroatoms. The molecule has 0 bridgehead atoms. The van der Waals surface area contributed by atoms with Crippen LogP contribution in [0.5, 0.6) is 0 Å². The lowest BCUT2D eigenvalue weighted by molar-refractivity contribution is -0.384. The third kappa shape index (κ3) is 3.43. The van der Waals surface area contributed by atoms with E-state index in [-0.39, 0.29) is 5.69 Å². The molecule has 0 aliphatic heterocycles. The van der Waals surface area contributed by atoms with Crippen LogP contribution in [0.15, 0.2) is 18.2 Å². The molecule has 20 heavy (non-hydrogen) atoms. The van der Waals surface area contributed by atoms with Crippen LogP contribution in [0.3, 0.4) is 0 Å². The molecular formula is C13H18N4O2S. The van der Waals surface area contributed by atoms with Gasteiger partial charge in [0.15, 0.2) is 5.13 Å². The molecule has 0 spiro atoms. The van der Waals surface area contributed by atoms with Gasteiger partial charge in [0.2, 0.25) is 0 Å². The van der Waals surface area contributed by atoms with Gasteiger partial charge in [-0.15, -0.1) is 0 Å². The summed E-state index contributed by atoms with van der Waals surface area (Å²) in [6.07, 6.45) is 0. The van der Waals surface area contributed by atoms with Crippen LogP contribution in [0.1, 0.15) is 13.8 Å². The highest BCUT2D eigenvalue weighted by Crippen LogP contribution is 2.28. The van der Waals surface area contributed by atoms with E-state index in [2.05, 4.69) is 29.0 Å².